The molecule has 3 rings (SSSR count). The summed E-state index contributed by atoms with van der Waals surface area (Å²) in [5.41, 5.74) is 4.94. The lowest BCUT2D eigenvalue weighted by atomic mass is 9.98. The van der Waals surface area contributed by atoms with Crippen LogP contribution in [0.2, 0.25) is 0 Å². The monoisotopic (exact) mass is 308 g/mol. The first-order valence-electron chi connectivity index (χ1n) is 7.74. The van der Waals surface area contributed by atoms with Crippen molar-refractivity contribution in [2.45, 2.75) is 20.3 Å². The zero-order chi connectivity index (χ0) is 16.4. The standard InChI is InChI=1S/C21H18F2/c1-3-15-4-6-16(7-5-15)17-8-10-18(11-9-17)19-12-20(22)14(2)21(23)13-19/h4-13H,3H2,1-2H3. The first kappa shape index (κ1) is 15.4. The molecule has 0 N–H and O–H groups in total. The van der Waals surface area contributed by atoms with Gasteiger partial charge >= 0.3 is 0 Å². The predicted octanol–water partition coefficient (Wildman–Crippen LogP) is 6.17. The molecule has 0 nitrogen and oxygen atoms in total. The van der Waals surface area contributed by atoms with Crippen LogP contribution in [0.1, 0.15) is 18.1 Å². The van der Waals surface area contributed by atoms with Crippen LogP contribution in [0.25, 0.3) is 22.3 Å². The molecule has 0 bridgehead atoms. The second-order valence-electron chi connectivity index (χ2n) is 5.69. The van der Waals surface area contributed by atoms with E-state index in [0.29, 0.717) is 5.56 Å². The van der Waals surface area contributed by atoms with Gasteiger partial charge in [0, 0.05) is 5.56 Å². The Hall–Kier alpha value is -2.48. The largest absolute Gasteiger partial charge is 0.207 e. The molecule has 2 heteroatoms. The Balaban J connectivity index is 1.92. The van der Waals surface area contributed by atoms with Crippen molar-refractivity contribution in [3.63, 3.8) is 0 Å². The molecule has 0 spiro atoms. The SMILES string of the molecule is CCc1ccc(-c2ccc(-c3cc(F)c(C)c(F)c3)cc2)cc1. The van der Waals surface area contributed by atoms with Crippen molar-refractivity contribution >= 4 is 0 Å². The van der Waals surface area contributed by atoms with Crippen molar-refractivity contribution in [2.75, 3.05) is 0 Å². The van der Waals surface area contributed by atoms with E-state index in [1.54, 1.807) is 0 Å². The number of hydrogen-bond acceptors (Lipinski definition) is 0. The van der Waals surface area contributed by atoms with Gasteiger partial charge in [-0.2, -0.15) is 0 Å². The van der Waals surface area contributed by atoms with E-state index < -0.39 is 11.6 Å². The molecule has 0 aromatic heterocycles. The van der Waals surface area contributed by atoms with E-state index in [1.165, 1.54) is 24.6 Å². The van der Waals surface area contributed by atoms with Gasteiger partial charge in [0.05, 0.1) is 0 Å². The Bertz CT molecular complexity index is 792. The van der Waals surface area contributed by atoms with E-state index in [1.807, 2.05) is 24.3 Å². The Morgan fingerprint density at radius 2 is 1.04 bits per heavy atom. The molecule has 0 aliphatic carbocycles. The minimum absolute atomic E-state index is 0.0568. The second kappa shape index (κ2) is 6.33. The topological polar surface area (TPSA) is 0 Å². The maximum absolute atomic E-state index is 13.7. The second-order valence-corrected chi connectivity index (χ2v) is 5.69. The summed E-state index contributed by atoms with van der Waals surface area (Å²) in [6, 6.07) is 18.9. The Kier molecular flexibility index (Phi) is 4.24. The molecule has 0 aliphatic rings. The van der Waals surface area contributed by atoms with Crippen LogP contribution in [0.15, 0.2) is 60.7 Å². The molecule has 3 aromatic carbocycles. The quantitative estimate of drug-likeness (QED) is 0.543. The number of aryl methyl sites for hydroxylation is 1. The summed E-state index contributed by atoms with van der Waals surface area (Å²) >= 11 is 0. The van der Waals surface area contributed by atoms with Crippen LogP contribution in [0, 0.1) is 18.6 Å². The fraction of sp³-hybridized carbons (Fsp3) is 0.143. The van der Waals surface area contributed by atoms with Crippen LogP contribution < -0.4 is 0 Å². The highest BCUT2D eigenvalue weighted by Crippen LogP contribution is 2.27. The Morgan fingerprint density at radius 3 is 1.48 bits per heavy atom. The first-order chi connectivity index (χ1) is 11.1. The van der Waals surface area contributed by atoms with Gasteiger partial charge in [-0.15, -0.1) is 0 Å². The van der Waals surface area contributed by atoms with Gasteiger partial charge in [0.2, 0.25) is 0 Å². The molecule has 116 valence electrons. The van der Waals surface area contributed by atoms with Gasteiger partial charge < -0.3 is 0 Å². The molecule has 0 amide bonds. The Morgan fingerprint density at radius 1 is 0.652 bits per heavy atom. The van der Waals surface area contributed by atoms with E-state index in [2.05, 4.69) is 31.2 Å². The van der Waals surface area contributed by atoms with Crippen LogP contribution in [0.3, 0.4) is 0 Å². The van der Waals surface area contributed by atoms with Gasteiger partial charge in [-0.25, -0.2) is 8.78 Å². The molecule has 0 saturated carbocycles. The fourth-order valence-corrected chi connectivity index (χ4v) is 2.60. The zero-order valence-electron chi connectivity index (χ0n) is 13.2. The van der Waals surface area contributed by atoms with Crippen molar-refractivity contribution in [1.29, 1.82) is 0 Å². The molecule has 0 radical (unpaired) electrons. The predicted molar refractivity (Wildman–Crippen MR) is 91.3 cm³/mol. The molecular formula is C21H18F2. The summed E-state index contributed by atoms with van der Waals surface area (Å²) in [6.45, 7) is 3.57. The third kappa shape index (κ3) is 3.16. The van der Waals surface area contributed by atoms with Crippen molar-refractivity contribution < 1.29 is 8.78 Å². The van der Waals surface area contributed by atoms with Gasteiger partial charge in [-0.1, -0.05) is 55.5 Å². The maximum Gasteiger partial charge on any atom is 0.129 e. The van der Waals surface area contributed by atoms with Crippen LogP contribution in [0.4, 0.5) is 8.78 Å². The molecule has 23 heavy (non-hydrogen) atoms. The molecule has 0 unspecified atom stereocenters. The smallest absolute Gasteiger partial charge is 0.129 e. The van der Waals surface area contributed by atoms with Crippen LogP contribution in [-0.2, 0) is 6.42 Å². The van der Waals surface area contributed by atoms with Gasteiger partial charge in [-0.05, 0) is 53.3 Å². The van der Waals surface area contributed by atoms with Gasteiger partial charge in [0.15, 0.2) is 0 Å². The summed E-state index contributed by atoms with van der Waals surface area (Å²) in [5.74, 6) is -1.03. The highest BCUT2D eigenvalue weighted by molar-refractivity contribution is 5.70. The number of hydrogen-bond donors (Lipinski definition) is 0. The zero-order valence-corrected chi connectivity index (χ0v) is 13.2. The third-order valence-electron chi connectivity index (χ3n) is 4.19. The molecular weight excluding hydrogens is 290 g/mol. The highest BCUT2D eigenvalue weighted by Gasteiger charge is 2.08. The van der Waals surface area contributed by atoms with Gasteiger partial charge in [0.25, 0.3) is 0 Å². The molecule has 0 atom stereocenters. The number of benzene rings is 3. The van der Waals surface area contributed by atoms with E-state index in [0.717, 1.165) is 23.1 Å². The fourth-order valence-electron chi connectivity index (χ4n) is 2.60. The van der Waals surface area contributed by atoms with Crippen molar-refractivity contribution in [1.82, 2.24) is 0 Å². The van der Waals surface area contributed by atoms with Gasteiger partial charge in [-0.3, -0.25) is 0 Å². The van der Waals surface area contributed by atoms with Gasteiger partial charge in [0.1, 0.15) is 11.6 Å². The van der Waals surface area contributed by atoms with E-state index in [-0.39, 0.29) is 5.56 Å². The molecule has 0 aliphatic heterocycles. The molecule has 0 fully saturated rings. The minimum atomic E-state index is -0.515. The average molecular weight is 308 g/mol. The molecule has 0 heterocycles. The third-order valence-corrected chi connectivity index (χ3v) is 4.19. The Labute approximate surface area is 135 Å². The number of rotatable bonds is 3. The lowest BCUT2D eigenvalue weighted by molar-refractivity contribution is 0.569. The van der Waals surface area contributed by atoms with Crippen molar-refractivity contribution in [3.8, 4) is 22.3 Å². The van der Waals surface area contributed by atoms with Crippen molar-refractivity contribution in [2.24, 2.45) is 0 Å². The van der Waals surface area contributed by atoms with E-state index in [4.69, 9.17) is 0 Å². The summed E-state index contributed by atoms with van der Waals surface area (Å²) < 4.78 is 27.4. The summed E-state index contributed by atoms with van der Waals surface area (Å²) in [4.78, 5) is 0. The van der Waals surface area contributed by atoms with E-state index >= 15 is 0 Å². The lowest BCUT2D eigenvalue weighted by Gasteiger charge is -2.07. The lowest BCUT2D eigenvalue weighted by Crippen LogP contribution is -1.90. The number of halogens is 2. The average Bonchev–Trinajstić information content (AvgIpc) is 2.59. The summed E-state index contributed by atoms with van der Waals surface area (Å²) in [6.07, 6.45) is 1.02. The van der Waals surface area contributed by atoms with Crippen LogP contribution in [0.5, 0.6) is 0 Å². The maximum atomic E-state index is 13.7. The van der Waals surface area contributed by atoms with Crippen LogP contribution in [-0.4, -0.2) is 0 Å². The van der Waals surface area contributed by atoms with E-state index in [9.17, 15) is 8.78 Å². The normalized spacial score (nSPS) is 10.8. The first-order valence-corrected chi connectivity index (χ1v) is 7.74. The van der Waals surface area contributed by atoms with Crippen LogP contribution >= 0.6 is 0 Å². The van der Waals surface area contributed by atoms with Crippen molar-refractivity contribution in [3.05, 3.63) is 83.4 Å². The summed E-state index contributed by atoms with van der Waals surface area (Å²) in [5, 5.41) is 0. The molecule has 3 aromatic rings. The molecule has 0 saturated heterocycles. The highest BCUT2D eigenvalue weighted by atomic mass is 19.1. The minimum Gasteiger partial charge on any atom is -0.207 e. The summed E-state index contributed by atoms with van der Waals surface area (Å²) in [7, 11) is 0.